The molecule has 2 heterocycles. The van der Waals surface area contributed by atoms with Gasteiger partial charge < -0.3 is 9.67 Å². The topological polar surface area (TPSA) is 55.1 Å². The van der Waals surface area contributed by atoms with Gasteiger partial charge in [-0.3, -0.25) is 4.79 Å². The molecule has 0 radical (unpaired) electrons. The van der Waals surface area contributed by atoms with E-state index in [1.165, 1.54) is 11.1 Å². The SMILES string of the molecule is O=C(O)CC1CCC(F)(CCC2c3ccccc3-c3cncn32)CC1. The number of imidazole rings is 1. The quantitative estimate of drug-likeness (QED) is 0.863. The van der Waals surface area contributed by atoms with Gasteiger partial charge in [0.1, 0.15) is 5.67 Å². The summed E-state index contributed by atoms with van der Waals surface area (Å²) in [5.41, 5.74) is 2.40. The van der Waals surface area contributed by atoms with E-state index in [-0.39, 0.29) is 18.4 Å². The van der Waals surface area contributed by atoms with E-state index >= 15 is 4.39 Å². The molecule has 4 rings (SSSR count). The van der Waals surface area contributed by atoms with Crippen LogP contribution in [-0.4, -0.2) is 26.3 Å². The van der Waals surface area contributed by atoms with E-state index in [0.717, 1.165) is 12.1 Å². The number of aromatic nitrogens is 2. The van der Waals surface area contributed by atoms with E-state index in [1.807, 2.05) is 24.7 Å². The molecule has 0 bridgehead atoms. The molecular formula is C20H23FN2O2. The highest BCUT2D eigenvalue weighted by Crippen LogP contribution is 2.45. The lowest BCUT2D eigenvalue weighted by Gasteiger charge is -2.34. The Bertz CT molecular complexity index is 778. The van der Waals surface area contributed by atoms with Crippen LogP contribution in [0, 0.1) is 5.92 Å². The van der Waals surface area contributed by atoms with Crippen LogP contribution in [0.3, 0.4) is 0 Å². The molecule has 0 spiro atoms. The number of alkyl halides is 1. The number of aliphatic carboxylic acids is 1. The minimum absolute atomic E-state index is 0.133. The number of hydrogen-bond donors (Lipinski definition) is 1. The van der Waals surface area contributed by atoms with Crippen molar-refractivity contribution in [2.45, 2.75) is 56.7 Å². The Labute approximate surface area is 146 Å². The summed E-state index contributed by atoms with van der Waals surface area (Å²) in [6, 6.07) is 8.44. The van der Waals surface area contributed by atoms with Gasteiger partial charge in [-0.25, -0.2) is 9.37 Å². The van der Waals surface area contributed by atoms with Gasteiger partial charge in [0.15, 0.2) is 0 Å². The Morgan fingerprint density at radius 1 is 1.32 bits per heavy atom. The Morgan fingerprint density at radius 3 is 2.84 bits per heavy atom. The van der Waals surface area contributed by atoms with Gasteiger partial charge in [0.25, 0.3) is 0 Å². The fourth-order valence-corrected chi connectivity index (χ4v) is 4.52. The van der Waals surface area contributed by atoms with Gasteiger partial charge >= 0.3 is 5.97 Å². The Hall–Kier alpha value is -2.17. The lowest BCUT2D eigenvalue weighted by molar-refractivity contribution is -0.138. The van der Waals surface area contributed by atoms with Crippen molar-refractivity contribution in [2.75, 3.05) is 0 Å². The Balaban J connectivity index is 1.43. The average molecular weight is 342 g/mol. The molecule has 1 aliphatic heterocycles. The first kappa shape index (κ1) is 16.3. The summed E-state index contributed by atoms with van der Waals surface area (Å²) in [6.07, 6.45) is 7.48. The summed E-state index contributed by atoms with van der Waals surface area (Å²) in [7, 11) is 0. The first-order valence-corrected chi connectivity index (χ1v) is 9.08. The predicted octanol–water partition coefficient (Wildman–Crippen LogP) is 4.61. The van der Waals surface area contributed by atoms with Gasteiger partial charge in [-0.15, -0.1) is 0 Å². The third-order valence-corrected chi connectivity index (χ3v) is 5.93. The monoisotopic (exact) mass is 342 g/mol. The van der Waals surface area contributed by atoms with Crippen LogP contribution in [0.5, 0.6) is 0 Å². The van der Waals surface area contributed by atoms with Crippen LogP contribution in [0.1, 0.15) is 56.6 Å². The summed E-state index contributed by atoms with van der Waals surface area (Å²) < 4.78 is 17.4. The molecule has 0 saturated heterocycles. The fourth-order valence-electron chi connectivity index (χ4n) is 4.52. The normalized spacial score (nSPS) is 27.7. The molecule has 1 N–H and O–H groups in total. The van der Waals surface area contributed by atoms with Crippen LogP contribution in [0.4, 0.5) is 4.39 Å². The largest absolute Gasteiger partial charge is 0.481 e. The third kappa shape index (κ3) is 3.08. The molecule has 4 nitrogen and oxygen atoms in total. The van der Waals surface area contributed by atoms with Crippen LogP contribution in [-0.2, 0) is 4.79 Å². The van der Waals surface area contributed by atoms with E-state index < -0.39 is 11.6 Å². The molecular weight excluding hydrogens is 319 g/mol. The van der Waals surface area contributed by atoms with E-state index in [2.05, 4.69) is 21.7 Å². The number of carboxylic acids is 1. The number of nitrogens with zero attached hydrogens (tertiary/aromatic N) is 2. The number of halogens is 1. The number of carbonyl (C=O) groups is 1. The summed E-state index contributed by atoms with van der Waals surface area (Å²) >= 11 is 0. The molecule has 1 aromatic heterocycles. The minimum atomic E-state index is -1.16. The molecule has 1 fully saturated rings. The maximum absolute atomic E-state index is 15.2. The van der Waals surface area contributed by atoms with Crippen molar-refractivity contribution >= 4 is 5.97 Å². The van der Waals surface area contributed by atoms with Crippen LogP contribution in [0.2, 0.25) is 0 Å². The molecule has 0 amide bonds. The molecule has 1 saturated carbocycles. The zero-order valence-electron chi connectivity index (χ0n) is 14.2. The highest BCUT2D eigenvalue weighted by Gasteiger charge is 2.37. The van der Waals surface area contributed by atoms with E-state index in [0.29, 0.717) is 32.1 Å². The summed E-state index contributed by atoms with van der Waals surface area (Å²) in [5, 5.41) is 8.91. The van der Waals surface area contributed by atoms with Crippen LogP contribution in [0.15, 0.2) is 36.8 Å². The standard InChI is InChI=1S/C20H23FN2O2/c21-20(8-5-14(6-9-20)11-19(24)25)10-7-17-15-3-1-2-4-16(15)18-12-22-13-23(17)18/h1-4,12-14,17H,5-11H2,(H,24,25). The molecule has 2 aliphatic rings. The lowest BCUT2D eigenvalue weighted by atomic mass is 9.76. The van der Waals surface area contributed by atoms with E-state index in [9.17, 15) is 4.79 Å². The van der Waals surface area contributed by atoms with Gasteiger partial charge in [0, 0.05) is 12.0 Å². The van der Waals surface area contributed by atoms with E-state index in [4.69, 9.17) is 5.11 Å². The van der Waals surface area contributed by atoms with Crippen LogP contribution in [0.25, 0.3) is 11.3 Å². The second-order valence-corrected chi connectivity index (χ2v) is 7.52. The minimum Gasteiger partial charge on any atom is -0.481 e. The first-order valence-electron chi connectivity index (χ1n) is 9.08. The highest BCUT2D eigenvalue weighted by atomic mass is 19.1. The maximum Gasteiger partial charge on any atom is 0.303 e. The zero-order chi connectivity index (χ0) is 17.4. The van der Waals surface area contributed by atoms with Crippen molar-refractivity contribution in [3.63, 3.8) is 0 Å². The molecule has 25 heavy (non-hydrogen) atoms. The molecule has 132 valence electrons. The second-order valence-electron chi connectivity index (χ2n) is 7.52. The number of hydrogen-bond acceptors (Lipinski definition) is 2. The van der Waals surface area contributed by atoms with Crippen molar-refractivity contribution in [3.05, 3.63) is 42.4 Å². The number of fused-ring (bicyclic) bond motifs is 3. The summed E-state index contributed by atoms with van der Waals surface area (Å²) in [4.78, 5) is 15.1. The molecule has 1 aliphatic carbocycles. The van der Waals surface area contributed by atoms with Crippen LogP contribution < -0.4 is 0 Å². The molecule has 2 aromatic rings. The van der Waals surface area contributed by atoms with Crippen LogP contribution >= 0.6 is 0 Å². The molecule has 1 aromatic carbocycles. The van der Waals surface area contributed by atoms with Crippen molar-refractivity contribution in [1.82, 2.24) is 9.55 Å². The lowest BCUT2D eigenvalue weighted by Crippen LogP contribution is -2.31. The first-order chi connectivity index (χ1) is 12.1. The highest BCUT2D eigenvalue weighted by molar-refractivity contribution is 5.69. The predicted molar refractivity (Wildman–Crippen MR) is 93.1 cm³/mol. The number of carboxylic acid groups (broad SMARTS) is 1. The number of rotatable bonds is 5. The Morgan fingerprint density at radius 2 is 2.08 bits per heavy atom. The zero-order valence-corrected chi connectivity index (χ0v) is 14.2. The molecule has 1 unspecified atom stereocenters. The van der Waals surface area contributed by atoms with Crippen molar-refractivity contribution in [3.8, 4) is 11.3 Å². The van der Waals surface area contributed by atoms with Crippen molar-refractivity contribution in [2.24, 2.45) is 5.92 Å². The van der Waals surface area contributed by atoms with Gasteiger partial charge in [-0.05, 0) is 50.0 Å². The number of benzene rings is 1. The van der Waals surface area contributed by atoms with Gasteiger partial charge in [0.2, 0.25) is 0 Å². The second kappa shape index (κ2) is 6.28. The summed E-state index contributed by atoms with van der Waals surface area (Å²) in [6.45, 7) is 0. The Kier molecular flexibility index (Phi) is 4.10. The third-order valence-electron chi connectivity index (χ3n) is 5.93. The smallest absolute Gasteiger partial charge is 0.303 e. The van der Waals surface area contributed by atoms with Crippen molar-refractivity contribution < 1.29 is 14.3 Å². The fraction of sp³-hybridized carbons (Fsp3) is 0.500. The van der Waals surface area contributed by atoms with Crippen molar-refractivity contribution in [1.29, 1.82) is 0 Å². The molecule has 5 heteroatoms. The van der Waals surface area contributed by atoms with Gasteiger partial charge in [0.05, 0.1) is 24.3 Å². The van der Waals surface area contributed by atoms with Gasteiger partial charge in [-0.2, -0.15) is 0 Å². The molecule has 1 atom stereocenters. The average Bonchev–Trinajstić information content (AvgIpc) is 3.16. The van der Waals surface area contributed by atoms with Gasteiger partial charge in [-0.1, -0.05) is 24.3 Å². The van der Waals surface area contributed by atoms with E-state index in [1.54, 1.807) is 0 Å². The maximum atomic E-state index is 15.2. The summed E-state index contributed by atoms with van der Waals surface area (Å²) in [5.74, 6) is -0.639.